The number of aliphatic imine (C=N–C) groups is 1. The van der Waals surface area contributed by atoms with Crippen molar-refractivity contribution in [2.75, 3.05) is 40.5 Å². The molecule has 2 N–H and O–H groups in total. The van der Waals surface area contributed by atoms with Crippen molar-refractivity contribution in [2.45, 2.75) is 31.9 Å². The first-order chi connectivity index (χ1) is 14.3. The van der Waals surface area contributed by atoms with Gasteiger partial charge in [-0.1, -0.05) is 0 Å². The fourth-order valence-corrected chi connectivity index (χ4v) is 4.10. The molecule has 1 saturated heterocycles. The van der Waals surface area contributed by atoms with Crippen molar-refractivity contribution < 1.29 is 14.2 Å². The smallest absolute Gasteiger partial charge is 0.191 e. The maximum absolute atomic E-state index is 5.69. The molecule has 3 rings (SSSR count). The Hall–Kier alpha value is -2.09. The summed E-state index contributed by atoms with van der Waals surface area (Å²) in [6, 6.07) is 12.5. The number of methoxy groups -OCH3 is 1. The second kappa shape index (κ2) is 11.8. The summed E-state index contributed by atoms with van der Waals surface area (Å²) in [6.45, 7) is 3.90. The quantitative estimate of drug-likeness (QED) is 0.351. The Bertz CT molecular complexity index is 755. The molecule has 0 spiro atoms. The van der Waals surface area contributed by atoms with Gasteiger partial charge in [0.2, 0.25) is 0 Å². The first-order valence-electron chi connectivity index (χ1n) is 10.2. The van der Waals surface area contributed by atoms with Crippen molar-refractivity contribution in [2.24, 2.45) is 4.99 Å². The van der Waals surface area contributed by atoms with Gasteiger partial charge in [0.25, 0.3) is 0 Å². The maximum Gasteiger partial charge on any atom is 0.191 e. The average molecular weight is 418 g/mol. The summed E-state index contributed by atoms with van der Waals surface area (Å²) < 4.78 is 16.5. The van der Waals surface area contributed by atoms with Gasteiger partial charge in [-0.05, 0) is 61.2 Å². The lowest BCUT2D eigenvalue weighted by Crippen LogP contribution is -2.37. The number of rotatable bonds is 10. The number of hydrogen-bond donors (Lipinski definition) is 2. The van der Waals surface area contributed by atoms with E-state index in [4.69, 9.17) is 14.2 Å². The van der Waals surface area contributed by atoms with E-state index in [1.807, 2.05) is 12.1 Å². The van der Waals surface area contributed by atoms with E-state index in [0.29, 0.717) is 12.7 Å². The number of guanidine groups is 1. The second-order valence-corrected chi connectivity index (χ2v) is 8.08. The number of hydrogen-bond acceptors (Lipinski definition) is 5. The van der Waals surface area contributed by atoms with Gasteiger partial charge in [0.15, 0.2) is 5.96 Å². The van der Waals surface area contributed by atoms with Crippen LogP contribution in [0.3, 0.4) is 0 Å². The highest BCUT2D eigenvalue weighted by Crippen LogP contribution is 2.29. The van der Waals surface area contributed by atoms with Gasteiger partial charge in [-0.2, -0.15) is 0 Å². The third kappa shape index (κ3) is 7.03. The van der Waals surface area contributed by atoms with Crippen LogP contribution in [0.5, 0.6) is 5.75 Å². The van der Waals surface area contributed by atoms with Crippen LogP contribution in [0.25, 0.3) is 10.4 Å². The van der Waals surface area contributed by atoms with Gasteiger partial charge in [0.1, 0.15) is 5.75 Å². The van der Waals surface area contributed by atoms with Crippen LogP contribution in [0.15, 0.2) is 41.4 Å². The van der Waals surface area contributed by atoms with Gasteiger partial charge in [-0.15, -0.1) is 11.3 Å². The molecule has 0 bridgehead atoms. The van der Waals surface area contributed by atoms with Crippen LogP contribution >= 0.6 is 11.3 Å². The number of nitrogens with zero attached hydrogens (tertiary/aromatic N) is 1. The molecule has 1 atom stereocenters. The van der Waals surface area contributed by atoms with Crippen LogP contribution in [0.2, 0.25) is 0 Å². The zero-order chi connectivity index (χ0) is 20.3. The zero-order valence-corrected chi connectivity index (χ0v) is 18.1. The lowest BCUT2D eigenvalue weighted by Gasteiger charge is -2.12. The number of ether oxygens (including phenoxy) is 3. The van der Waals surface area contributed by atoms with Crippen LogP contribution < -0.4 is 15.4 Å². The monoisotopic (exact) mass is 417 g/mol. The highest BCUT2D eigenvalue weighted by atomic mass is 32.1. The minimum Gasteiger partial charge on any atom is -0.497 e. The van der Waals surface area contributed by atoms with Gasteiger partial charge in [0.05, 0.1) is 26.4 Å². The Morgan fingerprint density at radius 1 is 1.21 bits per heavy atom. The van der Waals surface area contributed by atoms with Crippen molar-refractivity contribution in [1.82, 2.24) is 10.6 Å². The summed E-state index contributed by atoms with van der Waals surface area (Å²) >= 11 is 1.78. The van der Waals surface area contributed by atoms with Gasteiger partial charge in [-0.25, -0.2) is 0 Å². The van der Waals surface area contributed by atoms with E-state index in [-0.39, 0.29) is 0 Å². The van der Waals surface area contributed by atoms with Gasteiger partial charge in [-0.3, -0.25) is 4.99 Å². The first-order valence-corrected chi connectivity index (χ1v) is 11.0. The fourth-order valence-electron chi connectivity index (χ4n) is 3.15. The van der Waals surface area contributed by atoms with Gasteiger partial charge in [0, 0.05) is 36.6 Å². The summed E-state index contributed by atoms with van der Waals surface area (Å²) in [7, 11) is 3.48. The Labute approximate surface area is 177 Å². The standard InChI is InChI=1S/C22H31N3O3S/c1-23-22(24-12-4-13-27-16-19-5-3-14-28-19)25-15-20-10-11-21(29-20)17-6-8-18(26-2)9-7-17/h6-11,19H,3-5,12-16H2,1-2H3,(H2,23,24,25). The van der Waals surface area contributed by atoms with E-state index in [1.165, 1.54) is 15.3 Å². The summed E-state index contributed by atoms with van der Waals surface area (Å²) in [4.78, 5) is 6.80. The van der Waals surface area contributed by atoms with Gasteiger partial charge >= 0.3 is 0 Å². The first kappa shape index (κ1) is 21.6. The van der Waals surface area contributed by atoms with E-state index in [0.717, 1.165) is 57.3 Å². The van der Waals surface area contributed by atoms with Crippen molar-refractivity contribution >= 4 is 17.3 Å². The van der Waals surface area contributed by atoms with Crippen LogP contribution in [0.1, 0.15) is 24.1 Å². The molecule has 1 aliphatic rings. The molecule has 1 unspecified atom stereocenters. The highest BCUT2D eigenvalue weighted by Gasteiger charge is 2.14. The molecule has 1 aliphatic heterocycles. The molecule has 0 saturated carbocycles. The van der Waals surface area contributed by atoms with E-state index >= 15 is 0 Å². The predicted octanol–water partition coefficient (Wildman–Crippen LogP) is 3.67. The van der Waals surface area contributed by atoms with Crippen molar-refractivity contribution in [3.05, 3.63) is 41.3 Å². The number of benzene rings is 1. The number of nitrogens with one attached hydrogen (secondary N) is 2. The molecule has 1 aromatic heterocycles. The Morgan fingerprint density at radius 2 is 2.07 bits per heavy atom. The molecule has 29 heavy (non-hydrogen) atoms. The van der Waals surface area contributed by atoms with Crippen LogP contribution in [0.4, 0.5) is 0 Å². The molecule has 0 aliphatic carbocycles. The summed E-state index contributed by atoms with van der Waals surface area (Å²) in [6.07, 6.45) is 3.51. The maximum atomic E-state index is 5.69. The lowest BCUT2D eigenvalue weighted by atomic mass is 10.2. The summed E-state index contributed by atoms with van der Waals surface area (Å²) in [5.41, 5.74) is 1.20. The van der Waals surface area contributed by atoms with Gasteiger partial charge < -0.3 is 24.8 Å². The van der Waals surface area contributed by atoms with E-state index in [1.54, 1.807) is 25.5 Å². The van der Waals surface area contributed by atoms with Crippen LogP contribution in [-0.4, -0.2) is 52.6 Å². The predicted molar refractivity (Wildman–Crippen MR) is 119 cm³/mol. The Kier molecular flexibility index (Phi) is 8.80. The fraction of sp³-hybridized carbons (Fsp3) is 0.500. The number of thiophene rings is 1. The topological polar surface area (TPSA) is 64.1 Å². The molecule has 1 fully saturated rings. The lowest BCUT2D eigenvalue weighted by molar-refractivity contribution is 0.0168. The molecule has 2 aromatic rings. The SMILES string of the molecule is CN=C(NCCCOCC1CCCO1)NCc1ccc(-c2ccc(OC)cc2)s1. The molecule has 6 nitrogen and oxygen atoms in total. The molecule has 7 heteroatoms. The average Bonchev–Trinajstić information content (AvgIpc) is 3.45. The Balaban J connectivity index is 1.34. The summed E-state index contributed by atoms with van der Waals surface area (Å²) in [5.74, 6) is 1.68. The van der Waals surface area contributed by atoms with Crippen molar-refractivity contribution in [3.8, 4) is 16.2 Å². The van der Waals surface area contributed by atoms with Crippen molar-refractivity contribution in [1.29, 1.82) is 0 Å². The molecular weight excluding hydrogens is 386 g/mol. The second-order valence-electron chi connectivity index (χ2n) is 6.91. The molecule has 0 radical (unpaired) electrons. The largest absolute Gasteiger partial charge is 0.497 e. The molecule has 0 amide bonds. The molecular formula is C22H31N3O3S. The van der Waals surface area contributed by atoms with Crippen LogP contribution in [-0.2, 0) is 16.0 Å². The highest BCUT2D eigenvalue weighted by molar-refractivity contribution is 7.15. The minimum atomic E-state index is 0.297. The summed E-state index contributed by atoms with van der Waals surface area (Å²) in [5, 5.41) is 6.71. The van der Waals surface area contributed by atoms with Crippen molar-refractivity contribution in [3.63, 3.8) is 0 Å². The van der Waals surface area contributed by atoms with E-state index in [2.05, 4.69) is 39.9 Å². The Morgan fingerprint density at radius 3 is 2.79 bits per heavy atom. The third-order valence-corrected chi connectivity index (χ3v) is 5.91. The van der Waals surface area contributed by atoms with Crippen LogP contribution in [0, 0.1) is 0 Å². The molecule has 1 aromatic carbocycles. The van der Waals surface area contributed by atoms with E-state index in [9.17, 15) is 0 Å². The minimum absolute atomic E-state index is 0.297. The zero-order valence-electron chi connectivity index (χ0n) is 17.3. The van der Waals surface area contributed by atoms with E-state index < -0.39 is 0 Å². The normalized spacial score (nSPS) is 16.8. The third-order valence-electron chi connectivity index (χ3n) is 4.78. The molecule has 2 heterocycles. The molecule has 158 valence electrons.